The second-order valence-electron chi connectivity index (χ2n) is 5.85. The smallest absolute Gasteiger partial charge is 0.407 e. The summed E-state index contributed by atoms with van der Waals surface area (Å²) in [5, 5.41) is 2.60. The molecule has 0 spiro atoms. The van der Waals surface area contributed by atoms with Gasteiger partial charge in [-0.15, -0.1) is 0 Å². The molecule has 0 aliphatic heterocycles. The Morgan fingerprint density at radius 2 is 1.50 bits per heavy atom. The van der Waals surface area contributed by atoms with Crippen molar-refractivity contribution in [1.82, 2.24) is 5.32 Å². The molecule has 7 heteroatoms. The van der Waals surface area contributed by atoms with Crippen LogP contribution >= 0.6 is 0 Å². The van der Waals surface area contributed by atoms with Crippen LogP contribution in [0.25, 0.3) is 0 Å². The Kier molecular flexibility index (Phi) is 8.02. The van der Waals surface area contributed by atoms with Crippen molar-refractivity contribution in [2.75, 3.05) is 13.7 Å². The molecule has 148 valence electrons. The van der Waals surface area contributed by atoms with Gasteiger partial charge in [0.25, 0.3) is 0 Å². The minimum atomic E-state index is -1.36. The number of methoxy groups -OCH3 is 1. The molecule has 2 atom stereocenters. The third-order valence-corrected chi connectivity index (χ3v) is 3.97. The third kappa shape index (κ3) is 5.84. The maximum absolute atomic E-state index is 12.4. The number of nitrogens with one attached hydrogen (secondary N) is 1. The van der Waals surface area contributed by atoms with Crippen molar-refractivity contribution in [2.45, 2.75) is 19.6 Å². The lowest BCUT2D eigenvalue weighted by Crippen LogP contribution is -2.42. The van der Waals surface area contributed by atoms with E-state index in [1.165, 1.54) is 7.11 Å². The van der Waals surface area contributed by atoms with E-state index in [4.69, 9.17) is 14.2 Å². The van der Waals surface area contributed by atoms with Crippen LogP contribution in [0.15, 0.2) is 60.7 Å². The van der Waals surface area contributed by atoms with E-state index in [1.54, 1.807) is 37.3 Å². The molecule has 2 rings (SSSR count). The predicted octanol–water partition coefficient (Wildman–Crippen LogP) is 3.01. The van der Waals surface area contributed by atoms with Crippen LogP contribution in [0, 0.1) is 5.92 Å². The van der Waals surface area contributed by atoms with Gasteiger partial charge in [-0.1, -0.05) is 60.7 Å². The number of carbonyl (C=O) groups excluding carboxylic acids is 3. The van der Waals surface area contributed by atoms with Crippen molar-refractivity contribution in [2.24, 2.45) is 5.92 Å². The average Bonchev–Trinajstić information content (AvgIpc) is 2.73. The predicted molar refractivity (Wildman–Crippen MR) is 101 cm³/mol. The molecule has 7 nitrogen and oxygen atoms in total. The first-order valence-electron chi connectivity index (χ1n) is 8.83. The van der Waals surface area contributed by atoms with Gasteiger partial charge < -0.3 is 19.5 Å². The third-order valence-electron chi connectivity index (χ3n) is 3.97. The molecule has 0 heterocycles. The second-order valence-corrected chi connectivity index (χ2v) is 5.85. The molecule has 0 aliphatic carbocycles. The van der Waals surface area contributed by atoms with Crippen LogP contribution in [-0.4, -0.2) is 31.7 Å². The first-order valence-corrected chi connectivity index (χ1v) is 8.83. The lowest BCUT2D eigenvalue weighted by molar-refractivity contribution is -0.161. The highest BCUT2D eigenvalue weighted by Crippen LogP contribution is 2.25. The summed E-state index contributed by atoms with van der Waals surface area (Å²) >= 11 is 0. The van der Waals surface area contributed by atoms with Gasteiger partial charge in [-0.25, -0.2) is 4.79 Å². The van der Waals surface area contributed by atoms with E-state index in [-0.39, 0.29) is 13.2 Å². The Morgan fingerprint density at radius 1 is 0.893 bits per heavy atom. The molecule has 0 bridgehead atoms. The fourth-order valence-corrected chi connectivity index (χ4v) is 2.64. The van der Waals surface area contributed by atoms with Gasteiger partial charge in [0, 0.05) is 0 Å². The highest BCUT2D eigenvalue weighted by molar-refractivity contribution is 5.96. The van der Waals surface area contributed by atoms with E-state index in [2.05, 4.69) is 5.32 Å². The van der Waals surface area contributed by atoms with Gasteiger partial charge in [-0.2, -0.15) is 0 Å². The van der Waals surface area contributed by atoms with Crippen LogP contribution in [0.3, 0.4) is 0 Å². The monoisotopic (exact) mass is 385 g/mol. The Bertz CT molecular complexity index is 778. The highest BCUT2D eigenvalue weighted by atomic mass is 16.6. The first kappa shape index (κ1) is 21.0. The normalized spacial score (nSPS) is 12.4. The van der Waals surface area contributed by atoms with Gasteiger partial charge in [-0.05, 0) is 18.1 Å². The summed E-state index contributed by atoms with van der Waals surface area (Å²) in [5.74, 6) is -2.96. The molecule has 0 fully saturated rings. The minimum absolute atomic E-state index is 0.0521. The molecule has 0 aliphatic rings. The number of alkyl carbamates (subject to hydrolysis) is 1. The molecule has 0 saturated carbocycles. The van der Waals surface area contributed by atoms with Crippen LogP contribution in [-0.2, 0) is 30.4 Å². The maximum Gasteiger partial charge on any atom is 0.407 e. The van der Waals surface area contributed by atoms with Gasteiger partial charge >= 0.3 is 18.0 Å². The highest BCUT2D eigenvalue weighted by Gasteiger charge is 2.39. The molecule has 28 heavy (non-hydrogen) atoms. The van der Waals surface area contributed by atoms with Crippen LogP contribution in [0.4, 0.5) is 4.79 Å². The Hall–Kier alpha value is -3.35. The molecule has 1 amide bonds. The van der Waals surface area contributed by atoms with Gasteiger partial charge in [0.2, 0.25) is 0 Å². The largest absolute Gasteiger partial charge is 0.468 e. The van der Waals surface area contributed by atoms with E-state index in [0.717, 1.165) is 5.56 Å². The number of hydrogen-bond donors (Lipinski definition) is 1. The summed E-state index contributed by atoms with van der Waals surface area (Å²) < 4.78 is 15.0. The fourth-order valence-electron chi connectivity index (χ4n) is 2.64. The van der Waals surface area contributed by atoms with E-state index < -0.39 is 30.0 Å². The van der Waals surface area contributed by atoms with Gasteiger partial charge in [0.15, 0.2) is 5.92 Å². The number of amides is 1. The van der Waals surface area contributed by atoms with Crippen molar-refractivity contribution < 1.29 is 28.6 Å². The second kappa shape index (κ2) is 10.7. The van der Waals surface area contributed by atoms with Crippen LogP contribution in [0.5, 0.6) is 0 Å². The molecular formula is C21H23NO6. The van der Waals surface area contributed by atoms with E-state index >= 15 is 0 Å². The Morgan fingerprint density at radius 3 is 2.07 bits per heavy atom. The molecule has 1 N–H and O–H groups in total. The summed E-state index contributed by atoms with van der Waals surface area (Å²) in [6.45, 7) is 1.77. The molecule has 0 radical (unpaired) electrons. The molecule has 0 aromatic heterocycles. The number of carbonyl (C=O) groups is 3. The van der Waals surface area contributed by atoms with E-state index in [0.29, 0.717) is 5.56 Å². The standard InChI is InChI=1S/C21H23NO6/c1-3-27-20(24)17(19(23)26-2)18(16-12-8-5-9-13-16)22-21(25)28-14-15-10-6-4-7-11-15/h4-13,17-18H,3,14H2,1-2H3,(H,22,25)/t17-,18+/m1/s1. The molecular weight excluding hydrogens is 362 g/mol. The summed E-state index contributed by atoms with van der Waals surface area (Å²) in [4.78, 5) is 37.1. The van der Waals surface area contributed by atoms with Crippen LogP contribution in [0.2, 0.25) is 0 Å². The SMILES string of the molecule is CCOC(=O)[C@@H](C(=O)OC)[C@@H](NC(=O)OCc1ccccc1)c1ccccc1. The zero-order chi connectivity index (χ0) is 20.4. The minimum Gasteiger partial charge on any atom is -0.468 e. The number of esters is 2. The number of ether oxygens (including phenoxy) is 3. The molecule has 0 saturated heterocycles. The zero-order valence-electron chi connectivity index (χ0n) is 15.8. The quantitative estimate of drug-likeness (QED) is 0.427. The summed E-state index contributed by atoms with van der Waals surface area (Å²) in [5.41, 5.74) is 1.35. The fraction of sp³-hybridized carbons (Fsp3) is 0.286. The van der Waals surface area contributed by atoms with Crippen molar-refractivity contribution in [3.05, 3.63) is 71.8 Å². The zero-order valence-corrected chi connectivity index (χ0v) is 15.8. The Balaban J connectivity index is 2.21. The van der Waals surface area contributed by atoms with Crippen LogP contribution in [0.1, 0.15) is 24.1 Å². The Labute approximate surface area is 163 Å². The lowest BCUT2D eigenvalue weighted by Gasteiger charge is -2.25. The molecule has 2 aromatic carbocycles. The first-order chi connectivity index (χ1) is 13.6. The van der Waals surface area contributed by atoms with Crippen LogP contribution < -0.4 is 5.32 Å². The number of rotatable bonds is 8. The van der Waals surface area contributed by atoms with Crippen molar-refractivity contribution in [3.8, 4) is 0 Å². The van der Waals surface area contributed by atoms with Gasteiger partial charge in [-0.3, -0.25) is 9.59 Å². The summed E-state index contributed by atoms with van der Waals surface area (Å²) in [6, 6.07) is 16.8. The number of hydrogen-bond acceptors (Lipinski definition) is 6. The van der Waals surface area contributed by atoms with Crippen molar-refractivity contribution in [1.29, 1.82) is 0 Å². The maximum atomic E-state index is 12.4. The van der Waals surface area contributed by atoms with Crippen molar-refractivity contribution >= 4 is 18.0 Å². The number of benzene rings is 2. The summed E-state index contributed by atoms with van der Waals surface area (Å²) in [7, 11) is 1.17. The van der Waals surface area contributed by atoms with Crippen molar-refractivity contribution in [3.63, 3.8) is 0 Å². The van der Waals surface area contributed by atoms with Gasteiger partial charge in [0.05, 0.1) is 19.8 Å². The van der Waals surface area contributed by atoms with E-state index in [9.17, 15) is 14.4 Å². The lowest BCUT2D eigenvalue weighted by atomic mass is 9.93. The average molecular weight is 385 g/mol. The molecule has 0 unspecified atom stereocenters. The van der Waals surface area contributed by atoms with E-state index in [1.807, 2.05) is 30.3 Å². The summed E-state index contributed by atoms with van der Waals surface area (Å²) in [6.07, 6.45) is -0.768. The topological polar surface area (TPSA) is 90.9 Å². The van der Waals surface area contributed by atoms with Gasteiger partial charge in [0.1, 0.15) is 6.61 Å². The molecule has 2 aromatic rings.